The molecule has 3 aliphatic heterocycles. The van der Waals surface area contributed by atoms with Crippen LogP contribution in [0.25, 0.3) is 32.2 Å². The molecule has 1 saturated carbocycles. The predicted octanol–water partition coefficient (Wildman–Crippen LogP) is 9.04. The second-order valence-corrected chi connectivity index (χ2v) is 21.1. The number of rotatable bonds is 13. The number of thiazole rings is 1. The Labute approximate surface area is 432 Å². The fraction of sp³-hybridized carbons (Fsp3) is 0.368. The quantitative estimate of drug-likeness (QED) is 0.0930. The zero-order chi connectivity index (χ0) is 51.0. The smallest absolute Gasteiger partial charge is 0.355 e. The summed E-state index contributed by atoms with van der Waals surface area (Å²) >= 11 is 1.43. The number of nitrogens with one attached hydrogen (secondary N) is 2. The number of nitrogens with zero attached hydrogens (tertiary/aromatic N) is 7. The number of anilines is 3. The molecule has 16 nitrogen and oxygen atoms in total. The van der Waals surface area contributed by atoms with E-state index in [4.69, 9.17) is 9.72 Å². The van der Waals surface area contributed by atoms with Crippen LogP contribution in [0, 0.1) is 12.8 Å². The molecule has 17 heteroatoms. The molecule has 0 spiro atoms. The fourth-order valence-electron chi connectivity index (χ4n) is 11.4. The summed E-state index contributed by atoms with van der Waals surface area (Å²) in [5, 5.41) is 22.1. The summed E-state index contributed by atoms with van der Waals surface area (Å²) in [4.78, 5) is 79.9. The van der Waals surface area contributed by atoms with Gasteiger partial charge in [-0.2, -0.15) is 5.10 Å². The average Bonchev–Trinajstić information content (AvgIpc) is 3.98. The molecule has 2 saturated heterocycles. The topological polar surface area (TPSA) is 192 Å². The van der Waals surface area contributed by atoms with Crippen LogP contribution in [0.4, 0.5) is 16.6 Å². The van der Waals surface area contributed by atoms with Gasteiger partial charge in [-0.05, 0) is 141 Å². The first kappa shape index (κ1) is 48.6. The number of hydrogen-bond donors (Lipinski definition) is 3. The Hall–Kier alpha value is -7.66. The maximum absolute atomic E-state index is 13.7. The molecule has 6 heterocycles. The van der Waals surface area contributed by atoms with Crippen molar-refractivity contribution in [3.8, 4) is 16.9 Å². The maximum atomic E-state index is 13.7. The summed E-state index contributed by atoms with van der Waals surface area (Å²) in [6.45, 7) is 5.79. The molecule has 4 aromatic carbocycles. The van der Waals surface area contributed by atoms with Gasteiger partial charge in [-0.1, -0.05) is 47.7 Å². The van der Waals surface area contributed by atoms with Crippen LogP contribution in [0.1, 0.15) is 107 Å². The highest BCUT2D eigenvalue weighted by Gasteiger charge is 2.33. The number of piperidine rings is 1. The van der Waals surface area contributed by atoms with Crippen LogP contribution in [0.3, 0.4) is 0 Å². The third kappa shape index (κ3) is 9.92. The van der Waals surface area contributed by atoms with Crippen LogP contribution >= 0.6 is 11.3 Å². The molecule has 380 valence electrons. The number of benzene rings is 4. The van der Waals surface area contributed by atoms with Crippen molar-refractivity contribution < 1.29 is 33.8 Å². The highest BCUT2D eigenvalue weighted by atomic mass is 32.1. The van der Waals surface area contributed by atoms with Crippen molar-refractivity contribution in [2.24, 2.45) is 13.0 Å². The number of aryl methyl sites for hydroxylation is 1. The van der Waals surface area contributed by atoms with Crippen LogP contribution in [-0.2, 0) is 34.4 Å². The SMILES string of the molecule is Cc1c(OC2CCC(CCCC(=O)N3CCN(c4ccc5c(C6CCC(=O)NC6=O)nn(C)c5c4)CC3)CC2)cccc1-c1ccc(N2CCc3cccc(C(=O)Nc4nc5ccccc5s4)c3C2)nc1C(=O)O. The van der Waals surface area contributed by atoms with Gasteiger partial charge >= 0.3 is 5.97 Å². The summed E-state index contributed by atoms with van der Waals surface area (Å²) in [6, 6.07) is 29.2. The molecule has 4 aliphatic rings. The number of carbonyl (C=O) groups excluding carboxylic acids is 4. The molecular formula is C57H59N9O7S. The number of ether oxygens (including phenoxy) is 1. The largest absolute Gasteiger partial charge is 0.490 e. The lowest BCUT2D eigenvalue weighted by atomic mass is 9.84. The van der Waals surface area contributed by atoms with Crippen LogP contribution in [0.5, 0.6) is 5.75 Å². The van der Waals surface area contributed by atoms with Crippen LogP contribution in [0.15, 0.2) is 91.0 Å². The summed E-state index contributed by atoms with van der Waals surface area (Å²) in [7, 11) is 1.88. The normalized spacial score (nSPS) is 19.1. The average molecular weight is 1010 g/mol. The van der Waals surface area contributed by atoms with Crippen LogP contribution < -0.4 is 25.2 Å². The lowest BCUT2D eigenvalue weighted by molar-refractivity contribution is -0.134. The number of amides is 4. The number of pyridine rings is 1. The Morgan fingerprint density at radius 3 is 2.45 bits per heavy atom. The van der Waals surface area contributed by atoms with E-state index < -0.39 is 11.9 Å². The van der Waals surface area contributed by atoms with Gasteiger partial charge in [0.25, 0.3) is 5.91 Å². The minimum Gasteiger partial charge on any atom is -0.490 e. The summed E-state index contributed by atoms with van der Waals surface area (Å²) < 4.78 is 9.45. The molecule has 7 aromatic rings. The lowest BCUT2D eigenvalue weighted by Crippen LogP contribution is -2.48. The fourth-order valence-corrected chi connectivity index (χ4v) is 12.3. The Bertz CT molecular complexity index is 3300. The molecule has 3 N–H and O–H groups in total. The first-order valence-corrected chi connectivity index (χ1v) is 26.6. The first-order chi connectivity index (χ1) is 35.9. The van der Waals surface area contributed by atoms with E-state index in [0.29, 0.717) is 85.6 Å². The van der Waals surface area contributed by atoms with Crippen molar-refractivity contribution in [2.45, 2.75) is 89.7 Å². The van der Waals surface area contributed by atoms with E-state index in [-0.39, 0.29) is 35.4 Å². The number of piperazine rings is 1. The minimum atomic E-state index is -1.12. The van der Waals surface area contributed by atoms with E-state index in [1.807, 2.05) is 103 Å². The third-order valence-electron chi connectivity index (χ3n) is 15.5. The van der Waals surface area contributed by atoms with Gasteiger partial charge in [-0.3, -0.25) is 34.5 Å². The van der Waals surface area contributed by atoms with Gasteiger partial charge in [0.15, 0.2) is 10.8 Å². The minimum absolute atomic E-state index is 0.0405. The lowest BCUT2D eigenvalue weighted by Gasteiger charge is -2.36. The van der Waals surface area contributed by atoms with Crippen LogP contribution in [0.2, 0.25) is 0 Å². The van der Waals surface area contributed by atoms with E-state index in [2.05, 4.69) is 37.7 Å². The zero-order valence-corrected chi connectivity index (χ0v) is 42.5. The van der Waals surface area contributed by atoms with Gasteiger partial charge in [0.05, 0.1) is 33.4 Å². The van der Waals surface area contributed by atoms with Crippen molar-refractivity contribution in [3.05, 3.63) is 125 Å². The number of fused-ring (bicyclic) bond motifs is 3. The number of para-hydroxylation sites is 1. The summed E-state index contributed by atoms with van der Waals surface area (Å²) in [5.41, 5.74) is 8.13. The van der Waals surface area contributed by atoms with Crippen molar-refractivity contribution in [2.75, 3.05) is 47.8 Å². The predicted molar refractivity (Wildman–Crippen MR) is 285 cm³/mol. The van der Waals surface area contributed by atoms with E-state index in [0.717, 1.165) is 106 Å². The Kier molecular flexibility index (Phi) is 13.6. The van der Waals surface area contributed by atoms with E-state index in [9.17, 15) is 29.1 Å². The molecule has 3 aromatic heterocycles. The van der Waals surface area contributed by atoms with Gasteiger partial charge in [0.2, 0.25) is 17.7 Å². The van der Waals surface area contributed by atoms with Crippen molar-refractivity contribution in [3.63, 3.8) is 0 Å². The second kappa shape index (κ2) is 20.7. The summed E-state index contributed by atoms with van der Waals surface area (Å²) in [5.74, 6) is -0.325. The molecule has 4 amide bonds. The van der Waals surface area contributed by atoms with E-state index in [1.54, 1.807) is 4.68 Å². The number of carbonyl (C=O) groups is 5. The van der Waals surface area contributed by atoms with Crippen molar-refractivity contribution >= 4 is 78.7 Å². The van der Waals surface area contributed by atoms with Gasteiger partial charge < -0.3 is 24.5 Å². The van der Waals surface area contributed by atoms with Gasteiger partial charge in [0, 0.05) is 81.4 Å². The molecule has 11 rings (SSSR count). The molecule has 3 fully saturated rings. The van der Waals surface area contributed by atoms with E-state index >= 15 is 0 Å². The highest BCUT2D eigenvalue weighted by Crippen LogP contribution is 2.38. The molecule has 0 bridgehead atoms. The third-order valence-corrected chi connectivity index (χ3v) is 16.5. The van der Waals surface area contributed by atoms with Gasteiger partial charge in [0.1, 0.15) is 11.6 Å². The zero-order valence-electron chi connectivity index (χ0n) is 41.6. The molecular weight excluding hydrogens is 955 g/mol. The molecule has 1 unspecified atom stereocenters. The number of carboxylic acids is 1. The maximum Gasteiger partial charge on any atom is 0.355 e. The van der Waals surface area contributed by atoms with Crippen molar-refractivity contribution in [1.29, 1.82) is 0 Å². The Balaban J connectivity index is 0.657. The number of aromatic carboxylic acids is 1. The molecule has 74 heavy (non-hydrogen) atoms. The number of hydrogen-bond acceptors (Lipinski definition) is 12. The number of aromatic nitrogens is 4. The summed E-state index contributed by atoms with van der Waals surface area (Å²) in [6.07, 6.45) is 7.75. The Morgan fingerprint density at radius 1 is 0.838 bits per heavy atom. The molecule has 0 radical (unpaired) electrons. The highest BCUT2D eigenvalue weighted by molar-refractivity contribution is 7.22. The standard InChI is InChI=1S/C57H59N9O7S/c1-34-39(40-22-24-49(59-53(40)56(71)72)66-27-26-36-9-6-11-41(44(36)33-66)54(69)61-57-58-45-12-3-4-14-48(45)74-57)10-7-13-47(34)73-38-19-16-35(17-20-38)8-5-15-51(68)65-30-28-64(29-31-65)37-18-21-42-46(32-37)63(2)62-52(42)43-23-25-50(67)60-55(43)70/h3-4,6-7,9-14,18,21-22,24,32,35,38,43H,5,8,15-17,19-20,23,25-31,33H2,1-2H3,(H,71,72)(H,58,61,69)(H,60,67,70). The van der Waals surface area contributed by atoms with Crippen LogP contribution in [-0.4, -0.2) is 98.2 Å². The second-order valence-electron chi connectivity index (χ2n) is 20.1. The Morgan fingerprint density at radius 2 is 1.65 bits per heavy atom. The van der Waals surface area contributed by atoms with E-state index in [1.165, 1.54) is 11.3 Å². The monoisotopic (exact) mass is 1010 g/mol. The molecule has 1 atom stereocenters. The molecule has 1 aliphatic carbocycles. The van der Waals surface area contributed by atoms with Gasteiger partial charge in [-0.15, -0.1) is 0 Å². The number of carboxylic acid groups (broad SMARTS) is 1. The number of imide groups is 1. The first-order valence-electron chi connectivity index (χ1n) is 25.8. The van der Waals surface area contributed by atoms with Gasteiger partial charge in [-0.25, -0.2) is 14.8 Å². The van der Waals surface area contributed by atoms with Crippen molar-refractivity contribution in [1.82, 2.24) is 30.0 Å².